The molecule has 2 aromatic rings. The van der Waals surface area contributed by atoms with Crippen molar-refractivity contribution in [3.05, 3.63) is 63.6 Å². The second-order valence-corrected chi connectivity index (χ2v) is 11.8. The molecule has 2 aromatic carbocycles. The Labute approximate surface area is 224 Å². The molecule has 10 heteroatoms. The van der Waals surface area contributed by atoms with Crippen molar-refractivity contribution in [1.29, 1.82) is 0 Å². The van der Waals surface area contributed by atoms with Crippen molar-refractivity contribution in [2.75, 3.05) is 17.1 Å². The van der Waals surface area contributed by atoms with Gasteiger partial charge in [-0.15, -0.1) is 0 Å². The molecule has 0 heterocycles. The molecule has 0 radical (unpaired) electrons. The van der Waals surface area contributed by atoms with Crippen LogP contribution in [0, 0.1) is 6.92 Å². The number of aryl methyl sites for hydroxylation is 1. The fourth-order valence-corrected chi connectivity index (χ4v) is 5.35. The lowest BCUT2D eigenvalue weighted by Crippen LogP contribution is -2.50. The maximum atomic E-state index is 13.5. The zero-order valence-electron chi connectivity index (χ0n) is 21.4. The lowest BCUT2D eigenvalue weighted by atomic mass is 10.1. The summed E-state index contributed by atoms with van der Waals surface area (Å²) in [6.07, 6.45) is 1.86. The van der Waals surface area contributed by atoms with Gasteiger partial charge in [0.15, 0.2) is 0 Å². The Kier molecular flexibility index (Phi) is 11.1. The van der Waals surface area contributed by atoms with Gasteiger partial charge in [-0.25, -0.2) is 8.42 Å². The molecular weight excluding hydrogens is 521 g/mol. The maximum absolute atomic E-state index is 13.5. The van der Waals surface area contributed by atoms with Crippen LogP contribution in [0.25, 0.3) is 0 Å². The Bertz CT molecular complexity index is 1130. The molecule has 1 atom stereocenters. The smallest absolute Gasteiger partial charge is 0.243 e. The number of benzene rings is 2. The number of nitrogens with one attached hydrogen (secondary N) is 1. The number of carbonyl (C=O) groups is 2. The summed E-state index contributed by atoms with van der Waals surface area (Å²) < 4.78 is 26.2. The van der Waals surface area contributed by atoms with E-state index in [0.717, 1.165) is 11.8 Å². The SMILES string of the molecule is CC[C@@H](C(=O)NC(C)C)N(Cc1c(Cl)cccc1Cl)C(=O)CCCN(c1ccc(C)cc1)S(C)(=O)=O. The summed E-state index contributed by atoms with van der Waals surface area (Å²) in [4.78, 5) is 27.9. The third-order valence-electron chi connectivity index (χ3n) is 5.68. The molecule has 0 unspecified atom stereocenters. The molecule has 7 nitrogen and oxygen atoms in total. The molecule has 2 amide bonds. The van der Waals surface area contributed by atoms with Crippen LogP contribution in [0.15, 0.2) is 42.5 Å². The number of anilines is 1. The molecule has 0 aliphatic heterocycles. The van der Waals surface area contributed by atoms with Crippen LogP contribution in [0.5, 0.6) is 0 Å². The molecule has 0 aromatic heterocycles. The highest BCUT2D eigenvalue weighted by molar-refractivity contribution is 7.92. The minimum absolute atomic E-state index is 0.0470. The number of sulfonamides is 1. The van der Waals surface area contributed by atoms with Crippen molar-refractivity contribution < 1.29 is 18.0 Å². The second-order valence-electron chi connectivity index (χ2n) is 9.08. The zero-order valence-corrected chi connectivity index (χ0v) is 23.8. The van der Waals surface area contributed by atoms with Crippen LogP contribution in [-0.2, 0) is 26.2 Å². The summed E-state index contributed by atoms with van der Waals surface area (Å²) in [6.45, 7) is 7.66. The molecule has 0 saturated heterocycles. The van der Waals surface area contributed by atoms with E-state index >= 15 is 0 Å². The van der Waals surface area contributed by atoms with Crippen molar-refractivity contribution in [3.63, 3.8) is 0 Å². The first kappa shape index (κ1) is 29.9. The number of hydrogen-bond acceptors (Lipinski definition) is 4. The monoisotopic (exact) mass is 555 g/mol. The van der Waals surface area contributed by atoms with Crippen LogP contribution >= 0.6 is 23.2 Å². The molecule has 0 saturated carbocycles. The van der Waals surface area contributed by atoms with Crippen LogP contribution in [-0.4, -0.2) is 50.0 Å². The topological polar surface area (TPSA) is 86.8 Å². The van der Waals surface area contributed by atoms with E-state index in [1.54, 1.807) is 30.3 Å². The minimum atomic E-state index is -3.55. The van der Waals surface area contributed by atoms with Gasteiger partial charge in [-0.1, -0.05) is 53.9 Å². The highest BCUT2D eigenvalue weighted by Gasteiger charge is 2.30. The summed E-state index contributed by atoms with van der Waals surface area (Å²) in [5, 5.41) is 3.69. The van der Waals surface area contributed by atoms with E-state index < -0.39 is 16.1 Å². The molecular formula is C26H35Cl2N3O4S. The van der Waals surface area contributed by atoms with Crippen LogP contribution in [0.1, 0.15) is 51.2 Å². The molecule has 0 aliphatic carbocycles. The van der Waals surface area contributed by atoms with E-state index in [2.05, 4.69) is 5.32 Å². The number of rotatable bonds is 12. The summed E-state index contributed by atoms with van der Waals surface area (Å²) in [5.74, 6) is -0.546. The Balaban J connectivity index is 2.27. The highest BCUT2D eigenvalue weighted by Crippen LogP contribution is 2.27. The first-order chi connectivity index (χ1) is 16.8. The summed E-state index contributed by atoms with van der Waals surface area (Å²) >= 11 is 12.7. The Hall–Kier alpha value is -2.29. The van der Waals surface area contributed by atoms with E-state index in [9.17, 15) is 18.0 Å². The predicted octanol–water partition coefficient (Wildman–Crippen LogP) is 5.18. The quantitative estimate of drug-likeness (QED) is 0.391. The van der Waals surface area contributed by atoms with E-state index in [1.807, 2.05) is 39.8 Å². The highest BCUT2D eigenvalue weighted by atomic mass is 35.5. The van der Waals surface area contributed by atoms with Crippen LogP contribution in [0.3, 0.4) is 0 Å². The lowest BCUT2D eigenvalue weighted by molar-refractivity contribution is -0.141. The largest absolute Gasteiger partial charge is 0.352 e. The van der Waals surface area contributed by atoms with Crippen molar-refractivity contribution in [2.45, 2.75) is 65.6 Å². The molecule has 0 spiro atoms. The van der Waals surface area contributed by atoms with Gasteiger partial charge in [0.1, 0.15) is 6.04 Å². The predicted molar refractivity (Wildman–Crippen MR) is 147 cm³/mol. The Morgan fingerprint density at radius 1 is 1.03 bits per heavy atom. The fourth-order valence-electron chi connectivity index (χ4n) is 3.87. The second kappa shape index (κ2) is 13.3. The molecule has 0 fully saturated rings. The number of halogens is 2. The Morgan fingerprint density at radius 2 is 1.61 bits per heavy atom. The molecule has 0 aliphatic rings. The van der Waals surface area contributed by atoms with Gasteiger partial charge in [0, 0.05) is 41.2 Å². The maximum Gasteiger partial charge on any atom is 0.243 e. The Morgan fingerprint density at radius 3 is 2.11 bits per heavy atom. The van der Waals surface area contributed by atoms with Crippen molar-refractivity contribution in [2.24, 2.45) is 0 Å². The third-order valence-corrected chi connectivity index (χ3v) is 7.58. The number of hydrogen-bond donors (Lipinski definition) is 1. The molecule has 1 N–H and O–H groups in total. The molecule has 198 valence electrons. The normalized spacial score (nSPS) is 12.3. The lowest BCUT2D eigenvalue weighted by Gasteiger charge is -2.32. The van der Waals surface area contributed by atoms with Crippen LogP contribution < -0.4 is 9.62 Å². The molecule has 2 rings (SSSR count). The first-order valence-corrected chi connectivity index (χ1v) is 14.5. The average molecular weight is 557 g/mol. The van der Waals surface area contributed by atoms with Crippen molar-refractivity contribution in [1.82, 2.24) is 10.2 Å². The number of amides is 2. The molecule has 0 bridgehead atoms. The first-order valence-electron chi connectivity index (χ1n) is 11.9. The number of nitrogens with zero attached hydrogens (tertiary/aromatic N) is 2. The molecule has 36 heavy (non-hydrogen) atoms. The van der Waals surface area contributed by atoms with Gasteiger partial charge < -0.3 is 10.2 Å². The third kappa shape index (κ3) is 8.39. The van der Waals surface area contributed by atoms with Gasteiger partial charge in [-0.3, -0.25) is 13.9 Å². The van der Waals surface area contributed by atoms with Crippen LogP contribution in [0.2, 0.25) is 10.0 Å². The summed E-state index contributed by atoms with van der Waals surface area (Å²) in [5.41, 5.74) is 2.11. The van der Waals surface area contributed by atoms with E-state index in [1.165, 1.54) is 9.21 Å². The summed E-state index contributed by atoms with van der Waals surface area (Å²) in [7, 11) is -3.55. The zero-order chi connectivity index (χ0) is 27.0. The van der Waals surface area contributed by atoms with Gasteiger partial charge in [-0.2, -0.15) is 0 Å². The van der Waals surface area contributed by atoms with Crippen molar-refractivity contribution >= 4 is 50.7 Å². The number of carbonyl (C=O) groups excluding carboxylic acids is 2. The van der Waals surface area contributed by atoms with Gasteiger partial charge in [0.25, 0.3) is 0 Å². The van der Waals surface area contributed by atoms with Gasteiger partial charge in [0.2, 0.25) is 21.8 Å². The van der Waals surface area contributed by atoms with E-state index in [0.29, 0.717) is 27.7 Å². The average Bonchev–Trinajstić information content (AvgIpc) is 2.78. The standard InChI is InChI=1S/C26H35Cl2N3O4S/c1-6-24(26(33)29-18(2)3)30(17-21-22(27)9-7-10-23(21)28)25(32)11-8-16-31(36(5,34)35)20-14-12-19(4)13-15-20/h7,9-10,12-15,18,24H,6,8,11,16-17H2,1-5H3,(H,29,33)/t24-/m0/s1. The summed E-state index contributed by atoms with van der Waals surface area (Å²) in [6, 6.07) is 11.4. The van der Waals surface area contributed by atoms with Crippen molar-refractivity contribution in [3.8, 4) is 0 Å². The van der Waals surface area contributed by atoms with Crippen LogP contribution in [0.4, 0.5) is 5.69 Å². The minimum Gasteiger partial charge on any atom is -0.352 e. The van der Waals surface area contributed by atoms with E-state index in [4.69, 9.17) is 23.2 Å². The van der Waals surface area contributed by atoms with Gasteiger partial charge >= 0.3 is 0 Å². The van der Waals surface area contributed by atoms with E-state index in [-0.39, 0.29) is 43.8 Å². The van der Waals surface area contributed by atoms with Gasteiger partial charge in [0.05, 0.1) is 11.9 Å². The van der Waals surface area contributed by atoms with Gasteiger partial charge in [-0.05, 0) is 57.9 Å². The fraction of sp³-hybridized carbons (Fsp3) is 0.462.